The summed E-state index contributed by atoms with van der Waals surface area (Å²) in [6, 6.07) is 4.55. The number of aryl methyl sites for hydroxylation is 1. The second-order valence-corrected chi connectivity index (χ2v) is 7.01. The fraction of sp³-hybridized carbons (Fsp3) is 0.450. The molecule has 0 unspecified atom stereocenters. The predicted molar refractivity (Wildman–Crippen MR) is 102 cm³/mol. The minimum Gasteiger partial charge on any atom is -0.477 e. The van der Waals surface area contributed by atoms with Gasteiger partial charge in [0.15, 0.2) is 0 Å². The first-order chi connectivity index (χ1) is 14.0. The zero-order valence-corrected chi connectivity index (χ0v) is 16.9. The van der Waals surface area contributed by atoms with Crippen molar-refractivity contribution < 1.29 is 27.5 Å². The highest BCUT2D eigenvalue weighted by Crippen LogP contribution is 2.19. The van der Waals surface area contributed by atoms with Gasteiger partial charge in [0.25, 0.3) is 5.91 Å². The van der Waals surface area contributed by atoms with Crippen LogP contribution in [0.4, 0.5) is 13.2 Å². The molecule has 7 nitrogen and oxygen atoms in total. The van der Waals surface area contributed by atoms with E-state index in [0.717, 1.165) is 0 Å². The number of halogens is 3. The highest BCUT2D eigenvalue weighted by atomic mass is 19.4. The number of hydrogen-bond acceptors (Lipinski definition) is 6. The smallest absolute Gasteiger partial charge is 0.392 e. The molecule has 0 atom stereocenters. The van der Waals surface area contributed by atoms with E-state index in [1.807, 2.05) is 0 Å². The number of ether oxygens (including phenoxy) is 1. The number of carbonyl (C=O) groups excluding carboxylic acids is 2. The van der Waals surface area contributed by atoms with Gasteiger partial charge < -0.3 is 10.1 Å². The maximum atomic E-state index is 12.4. The van der Waals surface area contributed by atoms with Gasteiger partial charge in [-0.1, -0.05) is 19.9 Å². The molecule has 1 amide bonds. The maximum Gasteiger partial charge on any atom is 0.392 e. The Hall–Kier alpha value is -3.04. The molecule has 2 aromatic heterocycles. The van der Waals surface area contributed by atoms with E-state index >= 15 is 0 Å². The highest BCUT2D eigenvalue weighted by Gasteiger charge is 2.26. The lowest BCUT2D eigenvalue weighted by atomic mass is 10.1. The second kappa shape index (κ2) is 10.1. The minimum absolute atomic E-state index is 0.0180. The fourth-order valence-corrected chi connectivity index (χ4v) is 2.33. The van der Waals surface area contributed by atoms with Gasteiger partial charge in [0, 0.05) is 30.4 Å². The van der Waals surface area contributed by atoms with Crippen LogP contribution in [0, 0.1) is 12.8 Å². The first-order valence-corrected chi connectivity index (χ1v) is 9.33. The molecule has 0 bridgehead atoms. The number of alkyl halides is 3. The number of ketones is 1. The molecule has 2 heterocycles. The van der Waals surface area contributed by atoms with Crippen LogP contribution >= 0.6 is 0 Å². The third kappa shape index (κ3) is 7.76. The van der Waals surface area contributed by atoms with Crippen molar-refractivity contribution in [3.05, 3.63) is 47.2 Å². The van der Waals surface area contributed by atoms with Gasteiger partial charge in [0.2, 0.25) is 5.88 Å². The van der Waals surface area contributed by atoms with Gasteiger partial charge in [-0.25, -0.2) is 15.0 Å². The molecule has 0 fully saturated rings. The Morgan fingerprint density at radius 1 is 1.20 bits per heavy atom. The molecule has 10 heteroatoms. The van der Waals surface area contributed by atoms with Crippen molar-refractivity contribution in [2.45, 2.75) is 46.3 Å². The topological polar surface area (TPSA) is 94.1 Å². The van der Waals surface area contributed by atoms with E-state index in [9.17, 15) is 22.8 Å². The summed E-state index contributed by atoms with van der Waals surface area (Å²) in [6.07, 6.45) is -3.89. The number of rotatable bonds is 9. The molecular formula is C20H23F3N4O3. The molecule has 0 saturated carbocycles. The fourth-order valence-electron chi connectivity index (χ4n) is 2.33. The molecule has 30 heavy (non-hydrogen) atoms. The molecule has 0 aliphatic rings. The van der Waals surface area contributed by atoms with E-state index in [0.29, 0.717) is 17.1 Å². The molecule has 0 aliphatic carbocycles. The zero-order valence-electron chi connectivity index (χ0n) is 16.9. The summed E-state index contributed by atoms with van der Waals surface area (Å²) < 4.78 is 41.3. The van der Waals surface area contributed by atoms with Crippen LogP contribution in [0.1, 0.15) is 47.8 Å². The van der Waals surface area contributed by atoms with Gasteiger partial charge >= 0.3 is 6.18 Å². The summed E-state index contributed by atoms with van der Waals surface area (Å²) in [6.45, 7) is 4.90. The number of nitrogens with one attached hydrogen (secondary N) is 1. The van der Waals surface area contributed by atoms with Gasteiger partial charge in [-0.3, -0.25) is 9.59 Å². The average molecular weight is 424 g/mol. The van der Waals surface area contributed by atoms with Gasteiger partial charge in [-0.2, -0.15) is 13.2 Å². The Morgan fingerprint density at radius 3 is 2.53 bits per heavy atom. The third-order valence-electron chi connectivity index (χ3n) is 4.00. The van der Waals surface area contributed by atoms with Crippen molar-refractivity contribution in [2.24, 2.45) is 5.92 Å². The Kier molecular flexibility index (Phi) is 7.85. The number of amides is 1. The van der Waals surface area contributed by atoms with E-state index in [-0.39, 0.29) is 36.2 Å². The largest absolute Gasteiger partial charge is 0.477 e. The second-order valence-electron chi connectivity index (χ2n) is 7.01. The zero-order chi connectivity index (χ0) is 22.3. The van der Waals surface area contributed by atoms with E-state index in [1.165, 1.54) is 18.3 Å². The standard InChI is InChI=1S/C20H23F3N4O3/c1-12(2)16(28)9-17-26-13(3)8-15(27-17)19(29)25-11-14-4-5-18(24-10-14)30-7-6-20(21,22)23/h4-5,8,10,12H,6-7,9,11H2,1-3H3,(H,25,29). The van der Waals surface area contributed by atoms with Gasteiger partial charge in [0.05, 0.1) is 19.4 Å². The summed E-state index contributed by atoms with van der Waals surface area (Å²) in [7, 11) is 0. The van der Waals surface area contributed by atoms with Crippen molar-refractivity contribution in [2.75, 3.05) is 6.61 Å². The quantitative estimate of drug-likeness (QED) is 0.664. The van der Waals surface area contributed by atoms with E-state index in [2.05, 4.69) is 20.3 Å². The summed E-state index contributed by atoms with van der Waals surface area (Å²) in [5.41, 5.74) is 1.35. The number of Topliss-reactive ketones (excluding diaryl/α,β-unsaturated/α-hetero) is 1. The van der Waals surface area contributed by atoms with Crippen LogP contribution in [0.15, 0.2) is 24.4 Å². The van der Waals surface area contributed by atoms with Crippen LogP contribution < -0.4 is 10.1 Å². The van der Waals surface area contributed by atoms with Crippen molar-refractivity contribution in [1.29, 1.82) is 0 Å². The van der Waals surface area contributed by atoms with Gasteiger partial charge in [-0.05, 0) is 18.6 Å². The van der Waals surface area contributed by atoms with Crippen LogP contribution in [-0.2, 0) is 17.8 Å². The molecular weight excluding hydrogens is 401 g/mol. The molecule has 1 N–H and O–H groups in total. The van der Waals surface area contributed by atoms with Crippen molar-refractivity contribution >= 4 is 11.7 Å². The Balaban J connectivity index is 1.92. The van der Waals surface area contributed by atoms with Crippen molar-refractivity contribution in [3.8, 4) is 5.88 Å². The molecule has 2 rings (SSSR count). The molecule has 0 saturated heterocycles. The Morgan fingerprint density at radius 2 is 1.93 bits per heavy atom. The van der Waals surface area contributed by atoms with Crippen LogP contribution in [0.2, 0.25) is 0 Å². The summed E-state index contributed by atoms with van der Waals surface area (Å²) >= 11 is 0. The molecule has 0 aromatic carbocycles. The Labute approximate surface area is 172 Å². The molecule has 162 valence electrons. The SMILES string of the molecule is Cc1cc(C(=O)NCc2ccc(OCCC(F)(F)F)nc2)nc(CC(=O)C(C)C)n1. The minimum atomic E-state index is -4.29. The summed E-state index contributed by atoms with van der Waals surface area (Å²) in [5, 5.41) is 2.68. The van der Waals surface area contributed by atoms with E-state index < -0.39 is 25.1 Å². The lowest BCUT2D eigenvalue weighted by Gasteiger charge is -2.09. The molecule has 0 aliphatic heterocycles. The number of nitrogens with zero attached hydrogens (tertiary/aromatic N) is 3. The van der Waals surface area contributed by atoms with E-state index in [1.54, 1.807) is 26.8 Å². The molecule has 0 radical (unpaired) electrons. The van der Waals surface area contributed by atoms with Crippen molar-refractivity contribution in [1.82, 2.24) is 20.3 Å². The van der Waals surface area contributed by atoms with Gasteiger partial charge in [-0.15, -0.1) is 0 Å². The first-order valence-electron chi connectivity index (χ1n) is 9.33. The average Bonchev–Trinajstić information content (AvgIpc) is 2.65. The monoisotopic (exact) mass is 424 g/mol. The maximum absolute atomic E-state index is 12.4. The molecule has 0 spiro atoms. The first kappa shape index (κ1) is 23.2. The van der Waals surface area contributed by atoms with Crippen LogP contribution in [0.25, 0.3) is 0 Å². The Bertz CT molecular complexity index is 884. The highest BCUT2D eigenvalue weighted by molar-refractivity contribution is 5.92. The van der Waals surface area contributed by atoms with Crippen molar-refractivity contribution in [3.63, 3.8) is 0 Å². The van der Waals surface area contributed by atoms with Crippen LogP contribution in [-0.4, -0.2) is 39.4 Å². The number of aromatic nitrogens is 3. The number of carbonyl (C=O) groups is 2. The van der Waals surface area contributed by atoms with Crippen LogP contribution in [0.3, 0.4) is 0 Å². The summed E-state index contributed by atoms with van der Waals surface area (Å²) in [4.78, 5) is 36.6. The third-order valence-corrected chi connectivity index (χ3v) is 4.00. The van der Waals surface area contributed by atoms with E-state index in [4.69, 9.17) is 4.74 Å². The summed E-state index contributed by atoms with van der Waals surface area (Å²) in [5.74, 6) is -0.250. The normalized spacial score (nSPS) is 11.4. The predicted octanol–water partition coefficient (Wildman–Crippen LogP) is 3.21. The lowest BCUT2D eigenvalue weighted by Crippen LogP contribution is -2.25. The number of hydrogen-bond donors (Lipinski definition) is 1. The van der Waals surface area contributed by atoms with Gasteiger partial charge in [0.1, 0.15) is 17.3 Å². The lowest BCUT2D eigenvalue weighted by molar-refractivity contribution is -0.139. The molecule has 2 aromatic rings. The van der Waals surface area contributed by atoms with Crippen LogP contribution in [0.5, 0.6) is 5.88 Å². The number of pyridine rings is 1.